The minimum Gasteiger partial charge on any atom is -0.491 e. The van der Waals surface area contributed by atoms with Crippen molar-refractivity contribution >= 4 is 38.6 Å². The van der Waals surface area contributed by atoms with Gasteiger partial charge in [0, 0.05) is 13.6 Å². The SMILES string of the molecule is CCCOc1cccc(N(C)Cc2csc(Br)c2)c1N. The summed E-state index contributed by atoms with van der Waals surface area (Å²) in [5.41, 5.74) is 9.18. The standard InChI is InChI=1S/C15H19BrN2OS/c1-3-7-19-13-6-4-5-12(15(13)17)18(2)9-11-8-14(16)20-10-11/h4-6,8,10H,3,7,9,17H2,1-2H3. The quantitative estimate of drug-likeness (QED) is 0.775. The predicted molar refractivity (Wildman–Crippen MR) is 90.8 cm³/mol. The van der Waals surface area contributed by atoms with Gasteiger partial charge in [-0.2, -0.15) is 0 Å². The van der Waals surface area contributed by atoms with Crippen molar-refractivity contribution < 1.29 is 4.74 Å². The first-order valence-corrected chi connectivity index (χ1v) is 8.24. The highest BCUT2D eigenvalue weighted by molar-refractivity contribution is 9.11. The van der Waals surface area contributed by atoms with E-state index in [0.717, 1.165) is 28.2 Å². The van der Waals surface area contributed by atoms with Crippen LogP contribution < -0.4 is 15.4 Å². The molecule has 0 radical (unpaired) electrons. The third-order valence-electron chi connectivity index (χ3n) is 2.96. The van der Waals surface area contributed by atoms with Gasteiger partial charge < -0.3 is 15.4 Å². The van der Waals surface area contributed by atoms with E-state index in [1.807, 2.05) is 25.2 Å². The van der Waals surface area contributed by atoms with E-state index in [4.69, 9.17) is 10.5 Å². The molecule has 2 aromatic rings. The zero-order valence-corrected chi connectivity index (χ0v) is 14.1. The van der Waals surface area contributed by atoms with Crippen LogP contribution in [0.25, 0.3) is 0 Å². The molecule has 0 aliphatic carbocycles. The van der Waals surface area contributed by atoms with Crippen LogP contribution >= 0.6 is 27.3 Å². The van der Waals surface area contributed by atoms with Gasteiger partial charge in [-0.15, -0.1) is 11.3 Å². The molecule has 0 amide bonds. The highest BCUT2D eigenvalue weighted by atomic mass is 79.9. The molecular weight excluding hydrogens is 336 g/mol. The van der Waals surface area contributed by atoms with E-state index in [2.05, 4.69) is 39.2 Å². The van der Waals surface area contributed by atoms with Crippen molar-refractivity contribution in [2.24, 2.45) is 0 Å². The molecule has 0 unspecified atom stereocenters. The zero-order chi connectivity index (χ0) is 14.5. The topological polar surface area (TPSA) is 38.5 Å². The van der Waals surface area contributed by atoms with E-state index >= 15 is 0 Å². The fraction of sp³-hybridized carbons (Fsp3) is 0.333. The Morgan fingerprint density at radius 2 is 2.20 bits per heavy atom. The van der Waals surface area contributed by atoms with Gasteiger partial charge in [0.15, 0.2) is 0 Å². The van der Waals surface area contributed by atoms with Crippen LogP contribution in [-0.2, 0) is 6.54 Å². The second-order valence-electron chi connectivity index (χ2n) is 4.65. The van der Waals surface area contributed by atoms with Gasteiger partial charge in [-0.1, -0.05) is 13.0 Å². The van der Waals surface area contributed by atoms with Gasteiger partial charge in [0.2, 0.25) is 0 Å². The average Bonchev–Trinajstić information content (AvgIpc) is 2.83. The van der Waals surface area contributed by atoms with Crippen LogP contribution in [0.15, 0.2) is 33.4 Å². The summed E-state index contributed by atoms with van der Waals surface area (Å²) < 4.78 is 6.82. The molecule has 2 N–H and O–H groups in total. The van der Waals surface area contributed by atoms with Crippen molar-refractivity contribution in [3.63, 3.8) is 0 Å². The number of halogens is 1. The van der Waals surface area contributed by atoms with Gasteiger partial charge in [-0.05, 0) is 51.5 Å². The number of hydrogen-bond acceptors (Lipinski definition) is 4. The lowest BCUT2D eigenvalue weighted by molar-refractivity contribution is 0.319. The molecule has 0 bridgehead atoms. The molecule has 0 aliphatic rings. The second-order valence-corrected chi connectivity index (χ2v) is 6.94. The Kier molecular flexibility index (Phi) is 5.31. The Balaban J connectivity index is 2.14. The number of benzene rings is 1. The molecule has 0 atom stereocenters. The second kappa shape index (κ2) is 6.99. The molecule has 0 aliphatic heterocycles. The third kappa shape index (κ3) is 3.67. The van der Waals surface area contributed by atoms with Gasteiger partial charge in [0.25, 0.3) is 0 Å². The monoisotopic (exact) mass is 354 g/mol. The molecule has 5 heteroatoms. The van der Waals surface area contributed by atoms with E-state index in [1.165, 1.54) is 5.56 Å². The molecule has 0 fully saturated rings. The molecule has 0 saturated heterocycles. The maximum atomic E-state index is 6.21. The van der Waals surface area contributed by atoms with Gasteiger partial charge in [0.05, 0.1) is 21.8 Å². The fourth-order valence-corrected chi connectivity index (χ4v) is 3.19. The van der Waals surface area contributed by atoms with Gasteiger partial charge in [-0.25, -0.2) is 0 Å². The van der Waals surface area contributed by atoms with E-state index in [0.29, 0.717) is 12.3 Å². The predicted octanol–water partition coefficient (Wildman–Crippen LogP) is 4.52. The van der Waals surface area contributed by atoms with Crippen LogP contribution in [0, 0.1) is 0 Å². The molecule has 3 nitrogen and oxygen atoms in total. The number of thiophene rings is 1. The number of nitrogens with two attached hydrogens (primary N) is 1. The third-order valence-corrected chi connectivity index (χ3v) is 4.51. The smallest absolute Gasteiger partial charge is 0.144 e. The van der Waals surface area contributed by atoms with Crippen molar-refractivity contribution in [3.8, 4) is 5.75 Å². The minimum absolute atomic E-state index is 0.689. The van der Waals surface area contributed by atoms with Crippen LogP contribution in [0.3, 0.4) is 0 Å². The highest BCUT2D eigenvalue weighted by Crippen LogP contribution is 2.33. The van der Waals surface area contributed by atoms with E-state index in [9.17, 15) is 0 Å². The molecule has 0 saturated carbocycles. The maximum absolute atomic E-state index is 6.21. The number of anilines is 2. The molecule has 2 rings (SSSR count). The van der Waals surface area contributed by atoms with Crippen molar-refractivity contribution in [2.75, 3.05) is 24.3 Å². The van der Waals surface area contributed by atoms with Crippen LogP contribution in [0.5, 0.6) is 5.75 Å². The number of ether oxygens (including phenoxy) is 1. The van der Waals surface area contributed by atoms with E-state index in [1.54, 1.807) is 11.3 Å². The summed E-state index contributed by atoms with van der Waals surface area (Å²) in [6.07, 6.45) is 0.975. The molecule has 108 valence electrons. The molecule has 1 heterocycles. The highest BCUT2D eigenvalue weighted by Gasteiger charge is 2.11. The molecule has 1 aromatic heterocycles. The molecule has 20 heavy (non-hydrogen) atoms. The largest absolute Gasteiger partial charge is 0.491 e. The van der Waals surface area contributed by atoms with Crippen molar-refractivity contribution in [1.29, 1.82) is 0 Å². The Morgan fingerprint density at radius 1 is 1.40 bits per heavy atom. The Hall–Kier alpha value is -1.20. The summed E-state index contributed by atoms with van der Waals surface area (Å²) in [6, 6.07) is 8.06. The Bertz CT molecular complexity index is 571. The van der Waals surface area contributed by atoms with Crippen LogP contribution in [0.2, 0.25) is 0 Å². The first-order valence-electron chi connectivity index (χ1n) is 6.57. The van der Waals surface area contributed by atoms with Crippen LogP contribution in [0.4, 0.5) is 11.4 Å². The Labute approximate surface area is 132 Å². The van der Waals surface area contributed by atoms with E-state index < -0.39 is 0 Å². The van der Waals surface area contributed by atoms with E-state index in [-0.39, 0.29) is 0 Å². The van der Waals surface area contributed by atoms with Gasteiger partial charge in [-0.3, -0.25) is 0 Å². The lowest BCUT2D eigenvalue weighted by Gasteiger charge is -2.22. The first kappa shape index (κ1) is 15.2. The summed E-state index contributed by atoms with van der Waals surface area (Å²) in [4.78, 5) is 2.14. The normalized spacial score (nSPS) is 10.6. The lowest BCUT2D eigenvalue weighted by atomic mass is 10.2. The summed E-state index contributed by atoms with van der Waals surface area (Å²) in [7, 11) is 2.04. The number of nitrogens with zero attached hydrogens (tertiary/aromatic N) is 1. The van der Waals surface area contributed by atoms with Crippen molar-refractivity contribution in [2.45, 2.75) is 19.9 Å². The molecule has 0 spiro atoms. The maximum Gasteiger partial charge on any atom is 0.144 e. The van der Waals surface area contributed by atoms with Crippen molar-refractivity contribution in [3.05, 3.63) is 39.0 Å². The summed E-state index contributed by atoms with van der Waals surface area (Å²) in [5, 5.41) is 2.15. The number of nitrogen functional groups attached to an aromatic ring is 1. The average molecular weight is 355 g/mol. The number of hydrogen-bond donors (Lipinski definition) is 1. The number of rotatable bonds is 6. The van der Waals surface area contributed by atoms with Crippen LogP contribution in [0.1, 0.15) is 18.9 Å². The summed E-state index contributed by atoms with van der Waals surface area (Å²) in [5.74, 6) is 0.766. The minimum atomic E-state index is 0.689. The summed E-state index contributed by atoms with van der Waals surface area (Å²) >= 11 is 5.18. The zero-order valence-electron chi connectivity index (χ0n) is 11.7. The van der Waals surface area contributed by atoms with Gasteiger partial charge >= 0.3 is 0 Å². The number of para-hydroxylation sites is 1. The molecule has 1 aromatic carbocycles. The van der Waals surface area contributed by atoms with Crippen molar-refractivity contribution in [1.82, 2.24) is 0 Å². The first-order chi connectivity index (χ1) is 9.61. The molecular formula is C15H19BrN2OS. The van der Waals surface area contributed by atoms with Gasteiger partial charge in [0.1, 0.15) is 5.75 Å². The Morgan fingerprint density at radius 3 is 2.85 bits per heavy atom. The van der Waals surface area contributed by atoms with Crippen LogP contribution in [-0.4, -0.2) is 13.7 Å². The lowest BCUT2D eigenvalue weighted by Crippen LogP contribution is -2.17. The summed E-state index contributed by atoms with van der Waals surface area (Å²) in [6.45, 7) is 3.60. The fourth-order valence-electron chi connectivity index (χ4n) is 1.99.